The minimum Gasteiger partial charge on any atom is -0.312 e. The van der Waals surface area contributed by atoms with Crippen LogP contribution in [-0.2, 0) is 6.54 Å². The molecule has 2 rings (SSSR count). The van der Waals surface area contributed by atoms with Crippen LogP contribution in [0.3, 0.4) is 0 Å². The van der Waals surface area contributed by atoms with E-state index in [2.05, 4.69) is 12.2 Å². The number of benzene rings is 1. The molecule has 1 fully saturated rings. The second-order valence-electron chi connectivity index (χ2n) is 4.90. The van der Waals surface area contributed by atoms with Crippen molar-refractivity contribution in [3.05, 3.63) is 35.6 Å². The van der Waals surface area contributed by atoms with Gasteiger partial charge in [0.25, 0.3) is 0 Å². The summed E-state index contributed by atoms with van der Waals surface area (Å²) in [7, 11) is 0. The summed E-state index contributed by atoms with van der Waals surface area (Å²) >= 11 is 0. The lowest BCUT2D eigenvalue weighted by atomic mass is 9.70. The van der Waals surface area contributed by atoms with E-state index in [0.29, 0.717) is 5.41 Å². The zero-order valence-corrected chi connectivity index (χ0v) is 9.22. The molecule has 1 nitrogen and oxygen atoms in total. The number of hydrogen-bond acceptors (Lipinski definition) is 1. The second-order valence-corrected chi connectivity index (χ2v) is 4.90. The van der Waals surface area contributed by atoms with E-state index < -0.39 is 0 Å². The third-order valence-corrected chi connectivity index (χ3v) is 3.33. The van der Waals surface area contributed by atoms with E-state index >= 15 is 0 Å². The first-order valence-electron chi connectivity index (χ1n) is 5.63. The minimum atomic E-state index is -0.149. The van der Waals surface area contributed by atoms with Gasteiger partial charge in [-0.05, 0) is 36.0 Å². The summed E-state index contributed by atoms with van der Waals surface area (Å²) in [5.41, 5.74) is 1.52. The normalized spacial score (nSPS) is 18.5. The summed E-state index contributed by atoms with van der Waals surface area (Å²) < 4.78 is 12.9. The predicted octanol–water partition coefficient (Wildman–Crippen LogP) is 3.11. The highest BCUT2D eigenvalue weighted by molar-refractivity contribution is 5.16. The van der Waals surface area contributed by atoms with Crippen molar-refractivity contribution in [3.8, 4) is 0 Å². The van der Waals surface area contributed by atoms with Crippen molar-refractivity contribution in [2.45, 2.75) is 32.7 Å². The molecule has 0 radical (unpaired) electrons. The van der Waals surface area contributed by atoms with Crippen molar-refractivity contribution in [1.29, 1.82) is 0 Å². The molecule has 82 valence electrons. The van der Waals surface area contributed by atoms with E-state index in [9.17, 15) is 4.39 Å². The lowest BCUT2D eigenvalue weighted by Crippen LogP contribution is -2.36. The standard InChI is InChI=1S/C13H18FN/c1-13(6-3-7-13)10-15-9-11-4-2-5-12(14)8-11/h2,4-5,8,15H,3,6-7,9-10H2,1H3. The maximum absolute atomic E-state index is 12.9. The Morgan fingerprint density at radius 2 is 2.20 bits per heavy atom. The van der Waals surface area contributed by atoms with Gasteiger partial charge in [-0.3, -0.25) is 0 Å². The van der Waals surface area contributed by atoms with E-state index in [4.69, 9.17) is 0 Å². The fourth-order valence-corrected chi connectivity index (χ4v) is 2.11. The van der Waals surface area contributed by atoms with Gasteiger partial charge >= 0.3 is 0 Å². The van der Waals surface area contributed by atoms with Crippen LogP contribution in [0.15, 0.2) is 24.3 Å². The Bertz CT molecular complexity index is 331. The molecule has 1 aliphatic carbocycles. The Morgan fingerprint density at radius 3 is 2.80 bits per heavy atom. The number of halogens is 1. The van der Waals surface area contributed by atoms with Crippen LogP contribution in [0.4, 0.5) is 4.39 Å². The molecule has 0 aliphatic heterocycles. The highest BCUT2D eigenvalue weighted by Crippen LogP contribution is 2.39. The molecule has 0 unspecified atom stereocenters. The molecule has 2 heteroatoms. The van der Waals surface area contributed by atoms with Crippen molar-refractivity contribution in [2.75, 3.05) is 6.54 Å². The van der Waals surface area contributed by atoms with E-state index in [1.165, 1.54) is 25.3 Å². The monoisotopic (exact) mass is 207 g/mol. The number of nitrogens with one attached hydrogen (secondary N) is 1. The van der Waals surface area contributed by atoms with E-state index in [-0.39, 0.29) is 5.82 Å². The minimum absolute atomic E-state index is 0.149. The van der Waals surface area contributed by atoms with Crippen LogP contribution in [0.2, 0.25) is 0 Å². The predicted molar refractivity (Wildman–Crippen MR) is 60.1 cm³/mol. The Morgan fingerprint density at radius 1 is 1.40 bits per heavy atom. The largest absolute Gasteiger partial charge is 0.312 e. The molecule has 0 saturated heterocycles. The van der Waals surface area contributed by atoms with E-state index in [1.54, 1.807) is 12.1 Å². The van der Waals surface area contributed by atoms with Crippen molar-refractivity contribution in [3.63, 3.8) is 0 Å². The third-order valence-electron chi connectivity index (χ3n) is 3.33. The summed E-state index contributed by atoms with van der Waals surface area (Å²) in [4.78, 5) is 0. The molecule has 0 amide bonds. The van der Waals surface area contributed by atoms with Crippen LogP contribution >= 0.6 is 0 Å². The molecule has 0 atom stereocenters. The van der Waals surface area contributed by atoms with Gasteiger partial charge in [0.2, 0.25) is 0 Å². The molecule has 1 aliphatic rings. The highest BCUT2D eigenvalue weighted by Gasteiger charge is 2.30. The molecule has 0 bridgehead atoms. The first-order valence-corrected chi connectivity index (χ1v) is 5.63. The van der Waals surface area contributed by atoms with Crippen LogP contribution in [0.1, 0.15) is 31.7 Å². The molecule has 1 aromatic carbocycles. The number of rotatable bonds is 4. The smallest absolute Gasteiger partial charge is 0.123 e. The average molecular weight is 207 g/mol. The molecule has 1 saturated carbocycles. The molecule has 0 aromatic heterocycles. The summed E-state index contributed by atoms with van der Waals surface area (Å²) in [6.07, 6.45) is 4.00. The first kappa shape index (κ1) is 10.6. The van der Waals surface area contributed by atoms with Gasteiger partial charge in [-0.1, -0.05) is 25.5 Å². The van der Waals surface area contributed by atoms with E-state index in [0.717, 1.165) is 18.7 Å². The van der Waals surface area contributed by atoms with Gasteiger partial charge in [0, 0.05) is 13.1 Å². The Hall–Kier alpha value is -0.890. The fraction of sp³-hybridized carbons (Fsp3) is 0.538. The Kier molecular flexibility index (Phi) is 3.06. The molecule has 15 heavy (non-hydrogen) atoms. The van der Waals surface area contributed by atoms with Crippen molar-refractivity contribution >= 4 is 0 Å². The van der Waals surface area contributed by atoms with Gasteiger partial charge in [0.1, 0.15) is 5.82 Å². The maximum Gasteiger partial charge on any atom is 0.123 e. The molecule has 1 aromatic rings. The molecular weight excluding hydrogens is 189 g/mol. The van der Waals surface area contributed by atoms with Gasteiger partial charge in [0.05, 0.1) is 0 Å². The summed E-state index contributed by atoms with van der Waals surface area (Å²) in [5, 5.41) is 3.40. The second kappa shape index (κ2) is 4.31. The maximum atomic E-state index is 12.9. The van der Waals surface area contributed by atoms with Crippen molar-refractivity contribution in [1.82, 2.24) is 5.32 Å². The van der Waals surface area contributed by atoms with Crippen molar-refractivity contribution in [2.24, 2.45) is 5.41 Å². The molecule has 1 N–H and O–H groups in total. The van der Waals surface area contributed by atoms with Crippen LogP contribution < -0.4 is 5.32 Å². The first-order chi connectivity index (χ1) is 7.18. The molecule has 0 heterocycles. The molecular formula is C13H18FN. The highest BCUT2D eigenvalue weighted by atomic mass is 19.1. The lowest BCUT2D eigenvalue weighted by Gasteiger charge is -2.38. The van der Waals surface area contributed by atoms with Crippen LogP contribution in [0.25, 0.3) is 0 Å². The topological polar surface area (TPSA) is 12.0 Å². The summed E-state index contributed by atoms with van der Waals surface area (Å²) in [6, 6.07) is 6.80. The van der Waals surface area contributed by atoms with Gasteiger partial charge in [0.15, 0.2) is 0 Å². The summed E-state index contributed by atoms with van der Waals surface area (Å²) in [6.45, 7) is 4.13. The Labute approximate surface area is 90.7 Å². The third kappa shape index (κ3) is 2.78. The number of hydrogen-bond donors (Lipinski definition) is 1. The molecule has 0 spiro atoms. The zero-order chi connectivity index (χ0) is 10.7. The van der Waals surface area contributed by atoms with Gasteiger partial charge in [-0.15, -0.1) is 0 Å². The van der Waals surface area contributed by atoms with E-state index in [1.807, 2.05) is 6.07 Å². The fourth-order valence-electron chi connectivity index (χ4n) is 2.11. The quantitative estimate of drug-likeness (QED) is 0.800. The lowest BCUT2D eigenvalue weighted by molar-refractivity contribution is 0.156. The SMILES string of the molecule is CC1(CNCc2cccc(F)c2)CCC1. The van der Waals surface area contributed by atoms with Gasteiger partial charge in [-0.2, -0.15) is 0 Å². The van der Waals surface area contributed by atoms with Gasteiger partial charge < -0.3 is 5.32 Å². The van der Waals surface area contributed by atoms with Crippen LogP contribution in [0.5, 0.6) is 0 Å². The average Bonchev–Trinajstić information content (AvgIpc) is 2.15. The van der Waals surface area contributed by atoms with Crippen molar-refractivity contribution < 1.29 is 4.39 Å². The zero-order valence-electron chi connectivity index (χ0n) is 9.22. The van der Waals surface area contributed by atoms with Crippen LogP contribution in [-0.4, -0.2) is 6.54 Å². The van der Waals surface area contributed by atoms with Crippen LogP contribution in [0, 0.1) is 11.2 Å². The Balaban J connectivity index is 1.78. The summed E-state index contributed by atoms with van der Waals surface area (Å²) in [5.74, 6) is -0.149. The van der Waals surface area contributed by atoms with Gasteiger partial charge in [-0.25, -0.2) is 4.39 Å².